The van der Waals surface area contributed by atoms with Crippen molar-refractivity contribution in [3.05, 3.63) is 12.2 Å². The molecule has 3 heterocycles. The summed E-state index contributed by atoms with van der Waals surface area (Å²) in [5.41, 5.74) is 11.7. The molecule has 0 aromatic carbocycles. The Balaban J connectivity index is 2.16. The Hall–Kier alpha value is -8.78. The molecule has 0 saturated carbocycles. The van der Waals surface area contributed by atoms with Crippen LogP contribution in [0.5, 0.6) is 0 Å². The lowest BCUT2D eigenvalue weighted by molar-refractivity contribution is -0.149. The van der Waals surface area contributed by atoms with Crippen LogP contribution in [0.1, 0.15) is 151 Å². The topological polar surface area (TPSA) is 513 Å². The van der Waals surface area contributed by atoms with E-state index < -0.39 is 205 Å². The lowest BCUT2D eigenvalue weighted by Gasteiger charge is -2.39. The summed E-state index contributed by atoms with van der Waals surface area (Å²) >= 11 is 0. The van der Waals surface area contributed by atoms with Crippen molar-refractivity contribution in [2.24, 2.45) is 29.2 Å². The minimum absolute atomic E-state index is 0.0284. The number of nitrogens with two attached hydrogens (primary N) is 2. The molecule has 514 valence electrons. The standard InChI is InChI=1S/C59H94N14O19/c1-30(2)19-14-12-10-8-9-11-13-15-22-41(75)65-35(25-40(61)74)52(84)71-49-34(7)64-53(85)39-21-18-24-73(39)57(89)46(31(3)4)69-56(88)48(33(6)60)68-43(77)29-63-50(82)36(26-44(78)79)66-42(76)28-62-51(83)37(27-45(80)81)67-55(87)47(32(5)59(91)92)70-54(86)38-20-16-17-23-72(38)58(49)90/h13,15,30-39,46-49H,8-12,14,16-29,60H2,1-7H3,(H2,61,74)(H,62,83)(H,63,82)(H,64,85)(H,65,75)(H,66,76)(H,67,87)(H,68,77)(H,69,88)(H,70,86)(H,71,84)(H,78,79)(H,80,81)(H,91,92)/b15-13-. The Labute approximate surface area is 533 Å². The zero-order valence-electron chi connectivity index (χ0n) is 53.3. The zero-order chi connectivity index (χ0) is 69.1. The number of primary amides is 1. The highest BCUT2D eigenvalue weighted by Gasteiger charge is 2.45. The van der Waals surface area contributed by atoms with E-state index in [-0.39, 0.29) is 51.6 Å². The lowest BCUT2D eigenvalue weighted by atomic mass is 9.96. The molecule has 12 unspecified atom stereocenters. The Morgan fingerprint density at radius 1 is 0.598 bits per heavy atom. The highest BCUT2D eigenvalue weighted by atomic mass is 16.4. The van der Waals surface area contributed by atoms with Crippen LogP contribution in [0, 0.1) is 17.8 Å². The Bertz CT molecular complexity index is 2720. The number of fused-ring (bicyclic) bond motifs is 2. The van der Waals surface area contributed by atoms with Crippen LogP contribution < -0.4 is 64.6 Å². The maximum atomic E-state index is 15.2. The molecule has 92 heavy (non-hydrogen) atoms. The molecule has 0 bridgehead atoms. The maximum Gasteiger partial charge on any atom is 0.308 e. The molecule has 0 radical (unpaired) electrons. The van der Waals surface area contributed by atoms with Crippen LogP contribution in [0.15, 0.2) is 12.2 Å². The van der Waals surface area contributed by atoms with Crippen molar-refractivity contribution in [3.63, 3.8) is 0 Å². The predicted octanol–water partition coefficient (Wildman–Crippen LogP) is -3.62. The number of piperidine rings is 1. The molecule has 17 N–H and O–H groups in total. The average molecular weight is 1300 g/mol. The first-order valence-corrected chi connectivity index (χ1v) is 31.2. The number of hydrogen-bond acceptors (Lipinski definition) is 17. The third-order valence-corrected chi connectivity index (χ3v) is 15.8. The fourth-order valence-electron chi connectivity index (χ4n) is 10.6. The fourth-order valence-corrected chi connectivity index (χ4v) is 10.6. The van der Waals surface area contributed by atoms with Crippen LogP contribution in [0.4, 0.5) is 0 Å². The number of rotatable bonds is 23. The summed E-state index contributed by atoms with van der Waals surface area (Å²) in [6, 6.07) is -18.3. The Kier molecular flexibility index (Phi) is 32.1. The molecule has 0 aromatic rings. The highest BCUT2D eigenvalue weighted by molar-refractivity contribution is 6.01. The van der Waals surface area contributed by atoms with E-state index in [4.69, 9.17) is 11.5 Å². The summed E-state index contributed by atoms with van der Waals surface area (Å²) in [5.74, 6) is -21.1. The smallest absolute Gasteiger partial charge is 0.308 e. The Morgan fingerprint density at radius 2 is 1.12 bits per heavy atom. The second-order valence-corrected chi connectivity index (χ2v) is 24.3. The largest absolute Gasteiger partial charge is 0.481 e. The summed E-state index contributed by atoms with van der Waals surface area (Å²) in [4.78, 5) is 219. The molecule has 3 rings (SSSR count). The summed E-state index contributed by atoms with van der Waals surface area (Å²) in [5, 5.41) is 52.6. The normalized spacial score (nSPS) is 25.2. The molecule has 13 amide bonds. The lowest BCUT2D eigenvalue weighted by Crippen LogP contribution is -2.66. The number of carboxylic acids is 3. The second-order valence-electron chi connectivity index (χ2n) is 24.3. The van der Waals surface area contributed by atoms with Crippen LogP contribution >= 0.6 is 0 Å². The molecule has 12 atom stereocenters. The van der Waals surface area contributed by atoms with E-state index in [0.717, 1.165) is 50.3 Å². The van der Waals surface area contributed by atoms with Gasteiger partial charge in [0.05, 0.1) is 44.3 Å². The SMILES string of the molecule is CC(C)CCCCCCC/C=C\CC(=O)NC(CC(N)=O)C(=O)NC1C(=O)N2CCCCC2C(=O)NC(C(C)C(=O)O)C(=O)NC(CC(=O)O)C(=O)NCC(=O)NC(CC(=O)O)C(=O)NCC(=O)NC(C(C)N)C(=O)NC(C(C)C)C(=O)N2CCCC2C(=O)NC1C. The van der Waals surface area contributed by atoms with Crippen molar-refractivity contribution in [1.29, 1.82) is 0 Å². The molecular weight excluding hydrogens is 1210 g/mol. The fraction of sp³-hybridized carbons (Fsp3) is 0.695. The minimum atomic E-state index is -2.13. The molecular formula is C59H94N14O19. The first-order valence-electron chi connectivity index (χ1n) is 31.2. The molecule has 3 aliphatic heterocycles. The van der Waals surface area contributed by atoms with Gasteiger partial charge in [-0.3, -0.25) is 76.7 Å². The van der Waals surface area contributed by atoms with Crippen molar-refractivity contribution in [3.8, 4) is 0 Å². The van der Waals surface area contributed by atoms with Gasteiger partial charge in [0.1, 0.15) is 54.4 Å². The van der Waals surface area contributed by atoms with Crippen LogP contribution in [-0.4, -0.2) is 212 Å². The van der Waals surface area contributed by atoms with E-state index in [1.807, 2.05) is 16.7 Å². The van der Waals surface area contributed by atoms with Gasteiger partial charge in [0.15, 0.2) is 0 Å². The summed E-state index contributed by atoms with van der Waals surface area (Å²) < 4.78 is 0. The van der Waals surface area contributed by atoms with Gasteiger partial charge in [0.2, 0.25) is 76.8 Å². The number of carbonyl (C=O) groups excluding carboxylic acids is 13. The molecule has 33 heteroatoms. The van der Waals surface area contributed by atoms with Crippen molar-refractivity contribution >= 4 is 94.7 Å². The van der Waals surface area contributed by atoms with Crippen molar-refractivity contribution in [2.45, 2.75) is 218 Å². The second kappa shape index (κ2) is 38.2. The third kappa shape index (κ3) is 25.5. The predicted molar refractivity (Wildman–Crippen MR) is 326 cm³/mol. The van der Waals surface area contributed by atoms with Crippen LogP contribution in [0.2, 0.25) is 0 Å². The van der Waals surface area contributed by atoms with Crippen molar-refractivity contribution in [2.75, 3.05) is 26.2 Å². The number of carbonyl (C=O) groups is 16. The van der Waals surface area contributed by atoms with Gasteiger partial charge < -0.3 is 89.8 Å². The molecule has 33 nitrogen and oxygen atoms in total. The van der Waals surface area contributed by atoms with E-state index in [2.05, 4.69) is 56.4 Å². The van der Waals surface area contributed by atoms with Crippen molar-refractivity contribution in [1.82, 2.24) is 63.0 Å². The van der Waals surface area contributed by atoms with Crippen LogP contribution in [-0.2, 0) is 76.7 Å². The van der Waals surface area contributed by atoms with E-state index in [1.165, 1.54) is 18.7 Å². The van der Waals surface area contributed by atoms with E-state index >= 15 is 4.79 Å². The number of carboxylic acid groups (broad SMARTS) is 3. The highest BCUT2D eigenvalue weighted by Crippen LogP contribution is 2.24. The Morgan fingerprint density at radius 3 is 1.68 bits per heavy atom. The minimum Gasteiger partial charge on any atom is -0.481 e. The van der Waals surface area contributed by atoms with Gasteiger partial charge in [-0.05, 0) is 77.6 Å². The summed E-state index contributed by atoms with van der Waals surface area (Å²) in [7, 11) is 0. The van der Waals surface area contributed by atoms with Crippen molar-refractivity contribution < 1.29 is 92.0 Å². The van der Waals surface area contributed by atoms with E-state index in [1.54, 1.807) is 19.9 Å². The molecule has 3 aliphatic rings. The first kappa shape index (κ1) is 77.5. The van der Waals surface area contributed by atoms with Gasteiger partial charge in [-0.1, -0.05) is 72.0 Å². The van der Waals surface area contributed by atoms with Gasteiger partial charge in [-0.2, -0.15) is 0 Å². The van der Waals surface area contributed by atoms with Crippen LogP contribution in [0.25, 0.3) is 0 Å². The van der Waals surface area contributed by atoms with E-state index in [0.29, 0.717) is 12.3 Å². The molecule has 3 fully saturated rings. The average Bonchev–Trinajstić information content (AvgIpc) is 1.26. The number of allylic oxidation sites excluding steroid dienone is 1. The number of nitrogens with zero attached hydrogens (tertiary/aromatic N) is 2. The molecule has 0 aliphatic carbocycles. The summed E-state index contributed by atoms with van der Waals surface area (Å²) in [6.45, 7) is 8.81. The first-order chi connectivity index (χ1) is 43.2. The number of amides is 13. The van der Waals surface area contributed by atoms with Gasteiger partial charge >= 0.3 is 17.9 Å². The zero-order valence-corrected chi connectivity index (χ0v) is 53.3. The van der Waals surface area contributed by atoms with Gasteiger partial charge in [-0.15, -0.1) is 0 Å². The van der Waals surface area contributed by atoms with Gasteiger partial charge in [-0.25, -0.2) is 0 Å². The maximum absolute atomic E-state index is 15.2. The summed E-state index contributed by atoms with van der Waals surface area (Å²) in [6.07, 6.45) is 7.71. The van der Waals surface area contributed by atoms with E-state index in [9.17, 15) is 87.2 Å². The third-order valence-electron chi connectivity index (χ3n) is 15.8. The van der Waals surface area contributed by atoms with Gasteiger partial charge in [0, 0.05) is 25.6 Å². The molecule has 0 spiro atoms. The number of nitrogens with one attached hydrogen (secondary N) is 10. The quantitative estimate of drug-likeness (QED) is 0.0347. The van der Waals surface area contributed by atoms with Gasteiger partial charge in [0.25, 0.3) is 0 Å². The number of hydrogen-bond donors (Lipinski definition) is 15. The monoisotopic (exact) mass is 1300 g/mol. The molecule has 3 saturated heterocycles. The molecule has 0 aromatic heterocycles. The van der Waals surface area contributed by atoms with Crippen LogP contribution in [0.3, 0.4) is 0 Å². The number of unbranched alkanes of at least 4 members (excludes halogenated alkanes) is 5. The number of aliphatic carboxylic acids is 3.